The third-order valence-corrected chi connectivity index (χ3v) is 4.99. The van der Waals surface area contributed by atoms with Gasteiger partial charge in [0.2, 0.25) is 0 Å². The van der Waals surface area contributed by atoms with Gasteiger partial charge in [0.15, 0.2) is 0 Å². The molecule has 0 radical (unpaired) electrons. The maximum atomic E-state index is 9.23. The Morgan fingerprint density at radius 3 is 2.65 bits per heavy atom. The lowest BCUT2D eigenvalue weighted by Crippen LogP contribution is -2.40. The van der Waals surface area contributed by atoms with Crippen molar-refractivity contribution in [2.75, 3.05) is 32.8 Å². The Morgan fingerprint density at radius 1 is 1.17 bits per heavy atom. The van der Waals surface area contributed by atoms with Gasteiger partial charge in [-0.25, -0.2) is 0 Å². The van der Waals surface area contributed by atoms with Gasteiger partial charge in [0.1, 0.15) is 0 Å². The Balaban J connectivity index is 1.82. The number of aryl methyl sites for hydroxylation is 1. The van der Waals surface area contributed by atoms with Crippen molar-refractivity contribution in [3.63, 3.8) is 0 Å². The fraction of sp³-hybridized carbons (Fsp3) is 0.526. The van der Waals surface area contributed by atoms with Crippen molar-refractivity contribution >= 4 is 10.9 Å². The van der Waals surface area contributed by atoms with E-state index in [1.165, 1.54) is 22.2 Å². The summed E-state index contributed by atoms with van der Waals surface area (Å²) in [6, 6.07) is 11.0. The van der Waals surface area contributed by atoms with Crippen LogP contribution in [0.4, 0.5) is 0 Å². The van der Waals surface area contributed by atoms with E-state index in [1.807, 2.05) is 0 Å². The number of benzene rings is 1. The summed E-state index contributed by atoms with van der Waals surface area (Å²) in [6.07, 6.45) is 0.600. The lowest BCUT2D eigenvalue weighted by atomic mass is 10.0. The Labute approximate surface area is 138 Å². The largest absolute Gasteiger partial charge is 0.379 e. The molecular formula is C19H25N3O. The third kappa shape index (κ3) is 3.41. The van der Waals surface area contributed by atoms with E-state index in [2.05, 4.69) is 53.6 Å². The number of para-hydroxylation sites is 1. The molecule has 0 saturated carbocycles. The molecule has 122 valence electrons. The van der Waals surface area contributed by atoms with Crippen LogP contribution >= 0.6 is 0 Å². The third-order valence-electron chi connectivity index (χ3n) is 4.99. The van der Waals surface area contributed by atoms with Crippen molar-refractivity contribution in [3.8, 4) is 6.07 Å². The molecule has 0 bridgehead atoms. The van der Waals surface area contributed by atoms with E-state index in [-0.39, 0.29) is 0 Å². The normalized spacial score (nSPS) is 17.3. The minimum absolute atomic E-state index is 0.354. The number of ether oxygens (including phenoxy) is 1. The molecule has 1 unspecified atom stereocenters. The van der Waals surface area contributed by atoms with Crippen molar-refractivity contribution in [2.45, 2.75) is 26.8 Å². The lowest BCUT2D eigenvalue weighted by molar-refractivity contribution is 0.0298. The minimum Gasteiger partial charge on any atom is -0.379 e. The first-order chi connectivity index (χ1) is 11.2. The molecule has 1 fully saturated rings. The second-order valence-electron chi connectivity index (χ2n) is 6.48. The van der Waals surface area contributed by atoms with Gasteiger partial charge in [-0.3, -0.25) is 4.90 Å². The molecule has 23 heavy (non-hydrogen) atoms. The number of hydrogen-bond acceptors (Lipinski definition) is 3. The average Bonchev–Trinajstić information content (AvgIpc) is 2.81. The highest BCUT2D eigenvalue weighted by Crippen LogP contribution is 2.26. The molecule has 1 atom stereocenters. The highest BCUT2D eigenvalue weighted by Gasteiger charge is 2.19. The molecule has 4 heteroatoms. The lowest BCUT2D eigenvalue weighted by Gasteiger charge is -2.30. The fourth-order valence-corrected chi connectivity index (χ4v) is 3.56. The summed E-state index contributed by atoms with van der Waals surface area (Å²) in [6.45, 7) is 9.84. The minimum atomic E-state index is 0.354. The molecule has 2 heterocycles. The predicted molar refractivity (Wildman–Crippen MR) is 92.4 cm³/mol. The fourth-order valence-electron chi connectivity index (χ4n) is 3.56. The van der Waals surface area contributed by atoms with Crippen LogP contribution in [0.25, 0.3) is 10.9 Å². The van der Waals surface area contributed by atoms with Crippen molar-refractivity contribution in [1.29, 1.82) is 5.26 Å². The molecule has 2 aromatic rings. The zero-order chi connectivity index (χ0) is 16.2. The van der Waals surface area contributed by atoms with Crippen LogP contribution in [0, 0.1) is 31.1 Å². The van der Waals surface area contributed by atoms with Crippen LogP contribution in [0.15, 0.2) is 24.3 Å². The van der Waals surface area contributed by atoms with Gasteiger partial charge in [-0.05, 0) is 25.5 Å². The molecule has 0 amide bonds. The maximum absolute atomic E-state index is 9.23. The molecule has 0 spiro atoms. The molecule has 1 saturated heterocycles. The number of nitrogens with zero attached hydrogens (tertiary/aromatic N) is 3. The monoisotopic (exact) mass is 311 g/mol. The van der Waals surface area contributed by atoms with Gasteiger partial charge in [-0.15, -0.1) is 0 Å². The number of aromatic nitrogens is 1. The first kappa shape index (κ1) is 16.0. The van der Waals surface area contributed by atoms with Crippen LogP contribution in [-0.2, 0) is 11.3 Å². The van der Waals surface area contributed by atoms with Crippen molar-refractivity contribution in [2.24, 2.45) is 5.92 Å². The van der Waals surface area contributed by atoms with E-state index in [1.54, 1.807) is 0 Å². The van der Waals surface area contributed by atoms with E-state index in [0.29, 0.717) is 12.3 Å². The van der Waals surface area contributed by atoms with E-state index >= 15 is 0 Å². The standard InChI is InChI=1S/C19H25N3O/c1-15-16(2)22(19-6-4-3-5-18(15)19)14-17(7-8-20)13-21-9-11-23-12-10-21/h3-6,17H,7,9-14H2,1-2H3. The van der Waals surface area contributed by atoms with Crippen LogP contribution < -0.4 is 0 Å². The highest BCUT2D eigenvalue weighted by atomic mass is 16.5. The Bertz CT molecular complexity index is 707. The van der Waals surface area contributed by atoms with E-state index < -0.39 is 0 Å². The zero-order valence-electron chi connectivity index (χ0n) is 14.1. The van der Waals surface area contributed by atoms with Crippen LogP contribution in [0.3, 0.4) is 0 Å². The number of rotatable bonds is 5. The van der Waals surface area contributed by atoms with Crippen LogP contribution in [0.1, 0.15) is 17.7 Å². The summed E-state index contributed by atoms with van der Waals surface area (Å²) in [5.41, 5.74) is 3.95. The zero-order valence-corrected chi connectivity index (χ0v) is 14.1. The van der Waals surface area contributed by atoms with Gasteiger partial charge in [-0.2, -0.15) is 5.26 Å². The van der Waals surface area contributed by atoms with Gasteiger partial charge >= 0.3 is 0 Å². The summed E-state index contributed by atoms with van der Waals surface area (Å²) >= 11 is 0. The Hall–Kier alpha value is -1.83. The van der Waals surface area contributed by atoms with E-state index in [9.17, 15) is 5.26 Å². The molecule has 1 aliphatic heterocycles. The van der Waals surface area contributed by atoms with Crippen molar-refractivity contribution in [3.05, 3.63) is 35.5 Å². The molecule has 0 aliphatic carbocycles. The van der Waals surface area contributed by atoms with Crippen LogP contribution in [0.2, 0.25) is 0 Å². The number of hydrogen-bond donors (Lipinski definition) is 0. The molecule has 1 aromatic heterocycles. The van der Waals surface area contributed by atoms with E-state index in [4.69, 9.17) is 4.74 Å². The number of morpholine rings is 1. The number of nitriles is 1. The van der Waals surface area contributed by atoms with Gasteiger partial charge in [-0.1, -0.05) is 18.2 Å². The second-order valence-corrected chi connectivity index (χ2v) is 6.48. The highest BCUT2D eigenvalue weighted by molar-refractivity contribution is 5.85. The summed E-state index contributed by atoms with van der Waals surface area (Å²) in [4.78, 5) is 2.43. The first-order valence-corrected chi connectivity index (χ1v) is 8.42. The molecule has 3 rings (SSSR count). The topological polar surface area (TPSA) is 41.2 Å². The smallest absolute Gasteiger partial charge is 0.0625 e. The van der Waals surface area contributed by atoms with Gasteiger partial charge in [0.05, 0.1) is 19.3 Å². The molecule has 1 aliphatic rings. The molecular weight excluding hydrogens is 286 g/mol. The first-order valence-electron chi connectivity index (χ1n) is 8.42. The molecule has 1 aromatic carbocycles. The molecule has 4 nitrogen and oxygen atoms in total. The van der Waals surface area contributed by atoms with Gasteiger partial charge in [0, 0.05) is 55.1 Å². The van der Waals surface area contributed by atoms with Crippen molar-refractivity contribution < 1.29 is 4.74 Å². The Kier molecular flexibility index (Phi) is 5.00. The molecule has 0 N–H and O–H groups in total. The second kappa shape index (κ2) is 7.16. The predicted octanol–water partition coefficient (Wildman–Crippen LogP) is 3.12. The van der Waals surface area contributed by atoms with Gasteiger partial charge < -0.3 is 9.30 Å². The van der Waals surface area contributed by atoms with Crippen molar-refractivity contribution in [1.82, 2.24) is 9.47 Å². The summed E-state index contributed by atoms with van der Waals surface area (Å²) in [5.74, 6) is 0.354. The summed E-state index contributed by atoms with van der Waals surface area (Å²) < 4.78 is 7.82. The van der Waals surface area contributed by atoms with Gasteiger partial charge in [0.25, 0.3) is 0 Å². The summed E-state index contributed by atoms with van der Waals surface area (Å²) in [7, 11) is 0. The van der Waals surface area contributed by atoms with Crippen LogP contribution in [0.5, 0.6) is 0 Å². The summed E-state index contributed by atoms with van der Waals surface area (Å²) in [5, 5.41) is 10.6. The van der Waals surface area contributed by atoms with E-state index in [0.717, 1.165) is 39.4 Å². The average molecular weight is 311 g/mol. The Morgan fingerprint density at radius 2 is 1.91 bits per heavy atom. The SMILES string of the molecule is Cc1c(C)n(CC(CC#N)CN2CCOCC2)c2ccccc12. The maximum Gasteiger partial charge on any atom is 0.0625 e. The number of fused-ring (bicyclic) bond motifs is 1. The van der Waals surface area contributed by atoms with Crippen LogP contribution in [-0.4, -0.2) is 42.3 Å². The quantitative estimate of drug-likeness (QED) is 0.852.